The summed E-state index contributed by atoms with van der Waals surface area (Å²) < 4.78 is 1.51. The number of benzene rings is 2. The van der Waals surface area contributed by atoms with Crippen LogP contribution >= 0.6 is 11.6 Å². The Morgan fingerprint density at radius 2 is 1.74 bits per heavy atom. The fourth-order valence-electron chi connectivity index (χ4n) is 5.04. The quantitative estimate of drug-likeness (QED) is 0.363. The Morgan fingerprint density at radius 3 is 2.38 bits per heavy atom. The Morgan fingerprint density at radius 1 is 1.08 bits per heavy atom. The average molecular weight is 553 g/mol. The van der Waals surface area contributed by atoms with Gasteiger partial charge in [0.1, 0.15) is 5.75 Å². The molecule has 3 aromatic rings. The zero-order chi connectivity index (χ0) is 28.1. The predicted octanol–water partition coefficient (Wildman–Crippen LogP) is 5.14. The number of carbonyl (C=O) groups is 2. The molecule has 0 saturated heterocycles. The number of rotatable bonds is 10. The molecule has 9 heteroatoms. The maximum absolute atomic E-state index is 14.0. The summed E-state index contributed by atoms with van der Waals surface area (Å²) in [5, 5.41) is 25.3. The van der Waals surface area contributed by atoms with Crippen molar-refractivity contribution in [3.63, 3.8) is 0 Å². The number of aromatic hydroxyl groups is 1. The van der Waals surface area contributed by atoms with E-state index in [1.165, 1.54) is 16.8 Å². The molecule has 2 heterocycles. The van der Waals surface area contributed by atoms with E-state index in [-0.39, 0.29) is 40.5 Å². The van der Waals surface area contributed by atoms with Crippen LogP contribution in [0.5, 0.6) is 5.75 Å². The number of hydrogen-bond acceptors (Lipinski definition) is 5. The summed E-state index contributed by atoms with van der Waals surface area (Å²) in [6.45, 7) is 7.31. The van der Waals surface area contributed by atoms with Crippen molar-refractivity contribution in [1.82, 2.24) is 19.6 Å². The van der Waals surface area contributed by atoms with Crippen LogP contribution in [0.2, 0.25) is 5.02 Å². The highest BCUT2D eigenvalue weighted by atomic mass is 35.5. The molecular weight excluding hydrogens is 516 g/mol. The monoisotopic (exact) mass is 552 g/mol. The number of aromatic nitrogens is 2. The Hall–Kier alpha value is -3.36. The zero-order valence-electron chi connectivity index (χ0n) is 22.9. The molecule has 0 radical (unpaired) electrons. The molecule has 0 aliphatic carbocycles. The molecule has 208 valence electrons. The van der Waals surface area contributed by atoms with Crippen molar-refractivity contribution in [3.8, 4) is 11.4 Å². The number of phenols is 1. The van der Waals surface area contributed by atoms with Gasteiger partial charge in [0.25, 0.3) is 11.8 Å². The third-order valence-electron chi connectivity index (χ3n) is 7.36. The third-order valence-corrected chi connectivity index (χ3v) is 7.81. The topological polar surface area (TPSA) is 98.9 Å². The maximum Gasteiger partial charge on any atom is 0.275 e. The van der Waals surface area contributed by atoms with Gasteiger partial charge in [-0.1, -0.05) is 62.6 Å². The molecule has 8 nitrogen and oxygen atoms in total. The number of halogens is 1. The maximum atomic E-state index is 14.0. The van der Waals surface area contributed by atoms with Gasteiger partial charge in [-0.05, 0) is 55.5 Å². The van der Waals surface area contributed by atoms with Crippen molar-refractivity contribution in [2.75, 3.05) is 19.7 Å². The van der Waals surface area contributed by atoms with Gasteiger partial charge in [-0.2, -0.15) is 5.10 Å². The fraction of sp³-hybridized carbons (Fsp3) is 0.433. The van der Waals surface area contributed by atoms with E-state index in [2.05, 4.69) is 18.9 Å². The van der Waals surface area contributed by atoms with Gasteiger partial charge in [0, 0.05) is 19.6 Å². The van der Waals surface area contributed by atoms with Crippen LogP contribution in [0.25, 0.3) is 5.69 Å². The molecule has 1 aromatic heterocycles. The number of fused-ring (bicyclic) bond motifs is 1. The lowest BCUT2D eigenvalue weighted by molar-refractivity contribution is 0.0543. The Kier molecular flexibility index (Phi) is 9.30. The van der Waals surface area contributed by atoms with E-state index in [4.69, 9.17) is 11.6 Å². The van der Waals surface area contributed by atoms with Crippen LogP contribution < -0.4 is 0 Å². The lowest BCUT2D eigenvalue weighted by atomic mass is 9.93. The van der Waals surface area contributed by atoms with Gasteiger partial charge in [0.15, 0.2) is 5.69 Å². The second-order valence-corrected chi connectivity index (χ2v) is 10.5. The average Bonchev–Trinajstić information content (AvgIpc) is 3.25. The number of nitrogens with zero attached hydrogens (tertiary/aromatic N) is 4. The Bertz CT molecular complexity index is 1330. The van der Waals surface area contributed by atoms with Crippen LogP contribution in [0, 0.1) is 6.92 Å². The highest BCUT2D eigenvalue weighted by molar-refractivity contribution is 6.34. The lowest BCUT2D eigenvalue weighted by Crippen LogP contribution is -2.46. The van der Waals surface area contributed by atoms with Crippen molar-refractivity contribution in [2.45, 2.75) is 65.5 Å². The minimum absolute atomic E-state index is 0.0717. The zero-order valence-corrected chi connectivity index (χ0v) is 23.6. The highest BCUT2D eigenvalue weighted by Crippen LogP contribution is 2.31. The first-order valence-electron chi connectivity index (χ1n) is 13.7. The second-order valence-electron chi connectivity index (χ2n) is 10.1. The van der Waals surface area contributed by atoms with E-state index in [9.17, 15) is 19.8 Å². The molecule has 2 amide bonds. The molecular formula is C30H37ClN4O4. The normalized spacial score (nSPS) is 14.8. The summed E-state index contributed by atoms with van der Waals surface area (Å²) in [7, 11) is 0. The van der Waals surface area contributed by atoms with Gasteiger partial charge in [0.05, 0.1) is 34.6 Å². The van der Waals surface area contributed by atoms with E-state index in [1.54, 1.807) is 22.8 Å². The van der Waals surface area contributed by atoms with Crippen LogP contribution in [0.1, 0.15) is 77.2 Å². The van der Waals surface area contributed by atoms with E-state index in [0.29, 0.717) is 37.4 Å². The second kappa shape index (κ2) is 12.7. The van der Waals surface area contributed by atoms with Crippen molar-refractivity contribution < 1.29 is 19.8 Å². The predicted molar refractivity (Wildman–Crippen MR) is 152 cm³/mol. The Labute approximate surface area is 234 Å². The molecule has 2 aromatic carbocycles. The van der Waals surface area contributed by atoms with Crippen molar-refractivity contribution in [1.29, 1.82) is 0 Å². The molecule has 4 rings (SSSR count). The van der Waals surface area contributed by atoms with Crippen LogP contribution in [0.3, 0.4) is 0 Å². The van der Waals surface area contributed by atoms with Gasteiger partial charge in [-0.25, -0.2) is 4.68 Å². The van der Waals surface area contributed by atoms with Crippen molar-refractivity contribution in [3.05, 3.63) is 75.6 Å². The number of unbranched alkanes of at least 4 members (excludes halogenated alkanes) is 2. The molecule has 0 bridgehead atoms. The minimum Gasteiger partial charge on any atom is -0.508 e. The molecule has 0 unspecified atom stereocenters. The van der Waals surface area contributed by atoms with Gasteiger partial charge < -0.3 is 20.0 Å². The van der Waals surface area contributed by atoms with E-state index in [0.717, 1.165) is 36.8 Å². The van der Waals surface area contributed by atoms with Gasteiger partial charge >= 0.3 is 0 Å². The number of hydrogen-bond donors (Lipinski definition) is 2. The van der Waals surface area contributed by atoms with E-state index >= 15 is 0 Å². The molecule has 1 aliphatic rings. The fourth-order valence-corrected chi connectivity index (χ4v) is 5.24. The molecule has 0 fully saturated rings. The molecule has 39 heavy (non-hydrogen) atoms. The Balaban J connectivity index is 1.72. The number of phenolic OH excluding ortho intramolecular Hbond substituents is 1. The van der Waals surface area contributed by atoms with Crippen LogP contribution in [-0.4, -0.2) is 67.3 Å². The number of amides is 2. The number of carbonyl (C=O) groups excluding carboxylic acids is 2. The largest absolute Gasteiger partial charge is 0.508 e. The van der Waals surface area contributed by atoms with Crippen molar-refractivity contribution >= 4 is 23.4 Å². The summed E-state index contributed by atoms with van der Waals surface area (Å²) in [6.07, 6.45) is 4.23. The molecule has 0 saturated carbocycles. The molecule has 1 aliphatic heterocycles. The summed E-state index contributed by atoms with van der Waals surface area (Å²) in [4.78, 5) is 30.9. The first-order valence-corrected chi connectivity index (χ1v) is 14.0. The van der Waals surface area contributed by atoms with Crippen molar-refractivity contribution in [2.24, 2.45) is 0 Å². The molecule has 2 N–H and O–H groups in total. The smallest absolute Gasteiger partial charge is 0.275 e. The number of aliphatic hydroxyl groups is 1. The van der Waals surface area contributed by atoms with Crippen LogP contribution in [0.15, 0.2) is 42.5 Å². The van der Waals surface area contributed by atoms with Gasteiger partial charge in [-0.3, -0.25) is 9.59 Å². The first-order chi connectivity index (χ1) is 18.8. The first kappa shape index (κ1) is 28.6. The van der Waals surface area contributed by atoms with Gasteiger partial charge in [0.2, 0.25) is 0 Å². The summed E-state index contributed by atoms with van der Waals surface area (Å²) in [5.74, 6) is -0.651. The summed E-state index contributed by atoms with van der Waals surface area (Å²) in [6, 6.07) is 11.9. The van der Waals surface area contributed by atoms with Gasteiger partial charge in [-0.15, -0.1) is 0 Å². The number of aliphatic hydroxyl groups excluding tert-OH is 1. The SMILES string of the molecule is CCCCN(CCCC)C(=O)c1nn(-c2ccc(O)cc2C(=O)N2Cc3ccccc3C[C@H]2CO)c(C)c1Cl. The van der Waals surface area contributed by atoms with Crippen LogP contribution in [0.4, 0.5) is 0 Å². The lowest BCUT2D eigenvalue weighted by Gasteiger charge is -2.36. The summed E-state index contributed by atoms with van der Waals surface area (Å²) in [5.41, 5.74) is 3.40. The molecule has 1 atom stereocenters. The highest BCUT2D eigenvalue weighted by Gasteiger charge is 2.32. The van der Waals surface area contributed by atoms with Crippen LogP contribution in [-0.2, 0) is 13.0 Å². The van der Waals surface area contributed by atoms with E-state index < -0.39 is 6.04 Å². The standard InChI is InChI=1S/C30H37ClN4O4/c1-4-6-14-33(15-7-5-2)30(39)28-27(31)20(3)35(32-28)26-13-12-24(37)17-25(26)29(38)34-18-22-11-9-8-10-21(22)16-23(34)19-36/h8-13,17,23,36-37H,4-7,14-16,18-19H2,1-3H3/t23-/m0/s1. The summed E-state index contributed by atoms with van der Waals surface area (Å²) >= 11 is 6.68. The van der Waals surface area contributed by atoms with E-state index in [1.807, 2.05) is 24.3 Å². The third kappa shape index (κ3) is 5.97. The minimum atomic E-state index is -0.410. The molecule has 0 spiro atoms.